The van der Waals surface area contributed by atoms with E-state index in [9.17, 15) is 35.1 Å². The quantitative estimate of drug-likeness (QED) is 0.241. The van der Waals surface area contributed by atoms with Gasteiger partial charge < -0.3 is 44.2 Å². The van der Waals surface area contributed by atoms with Gasteiger partial charge in [-0.3, -0.25) is 4.79 Å². The van der Waals surface area contributed by atoms with Crippen molar-refractivity contribution in [2.75, 3.05) is 6.61 Å². The van der Waals surface area contributed by atoms with E-state index in [-0.39, 0.29) is 11.8 Å². The highest BCUT2D eigenvalue weighted by molar-refractivity contribution is 5.66. The lowest BCUT2D eigenvalue weighted by Gasteiger charge is -2.68. The number of aliphatic hydroxyl groups excluding tert-OH is 4. The Bertz CT molecular complexity index is 1340. The van der Waals surface area contributed by atoms with E-state index in [1.807, 2.05) is 12.1 Å². The summed E-state index contributed by atoms with van der Waals surface area (Å²) < 4.78 is 23.0. The summed E-state index contributed by atoms with van der Waals surface area (Å²) in [5.74, 6) is -0.340. The topological polar surface area (TPSA) is 176 Å². The molecule has 0 radical (unpaired) electrons. The second-order valence-electron chi connectivity index (χ2n) is 14.5. The molecule has 0 bridgehead atoms. The summed E-state index contributed by atoms with van der Waals surface area (Å²) >= 11 is 0. The van der Waals surface area contributed by atoms with Crippen molar-refractivity contribution in [1.29, 1.82) is 0 Å². The van der Waals surface area contributed by atoms with E-state index in [1.54, 1.807) is 0 Å². The first-order valence-corrected chi connectivity index (χ1v) is 15.8. The largest absolute Gasteiger partial charge is 0.458 e. The van der Waals surface area contributed by atoms with Gasteiger partial charge in [0, 0.05) is 23.8 Å². The predicted octanol–water partition coefficient (Wildman–Crippen LogP) is 1.92. The minimum absolute atomic E-state index is 0.00854. The van der Waals surface area contributed by atoms with Crippen LogP contribution in [0.3, 0.4) is 0 Å². The number of ether oxygens (including phenoxy) is 3. The Morgan fingerprint density at radius 2 is 1.75 bits per heavy atom. The molecule has 4 fully saturated rings. The van der Waals surface area contributed by atoms with Gasteiger partial charge in [-0.25, -0.2) is 4.79 Å². The number of carbonyl (C=O) groups excluding carboxylic acids is 1. The third-order valence-corrected chi connectivity index (χ3v) is 12.5. The third kappa shape index (κ3) is 4.57. The lowest BCUT2D eigenvalue weighted by atomic mass is 9.39. The summed E-state index contributed by atoms with van der Waals surface area (Å²) in [5.41, 5.74) is -1.14. The van der Waals surface area contributed by atoms with Gasteiger partial charge in [-0.15, -0.1) is 0 Å². The Hall–Kier alpha value is -2.12. The number of hydrogen-bond acceptors (Lipinski definition) is 11. The van der Waals surface area contributed by atoms with Crippen molar-refractivity contribution >= 4 is 5.97 Å². The van der Waals surface area contributed by atoms with Gasteiger partial charge in [-0.1, -0.05) is 26.8 Å². The zero-order valence-electron chi connectivity index (χ0n) is 25.8. The number of esters is 1. The fraction of sp³-hybridized carbons (Fsp3) is 0.758. The zero-order chi connectivity index (χ0) is 31.8. The van der Waals surface area contributed by atoms with Crippen LogP contribution in [-0.2, 0) is 19.0 Å². The van der Waals surface area contributed by atoms with Gasteiger partial charge in [-0.2, -0.15) is 0 Å². The third-order valence-electron chi connectivity index (χ3n) is 12.5. The van der Waals surface area contributed by atoms with Crippen LogP contribution in [-0.4, -0.2) is 86.6 Å². The van der Waals surface area contributed by atoms with Crippen molar-refractivity contribution in [3.05, 3.63) is 46.0 Å². The molecule has 1 aromatic heterocycles. The molecule has 44 heavy (non-hydrogen) atoms. The molecule has 3 saturated carbocycles. The standard InChI is InChI=1S/C33H46O11/c1-17(35)42-22-14-32(4)24(9-11-31(3)20(8-12-33(31,32)40)18-5-6-25(36)41-16-18)30(2)10-7-19(13-21(22)30)43-29-28(39)27(38)26(37)23(15-34)44-29/h5-6,13,16,19-20,22-24,26-29,34,37-40H,7-12,14-15H2,1-4H3. The highest BCUT2D eigenvalue weighted by Gasteiger charge is 2.73. The first kappa shape index (κ1) is 31.8. The molecule has 5 aliphatic rings. The van der Waals surface area contributed by atoms with Crippen molar-refractivity contribution in [2.24, 2.45) is 22.2 Å². The number of rotatable bonds is 5. The van der Waals surface area contributed by atoms with E-state index in [1.165, 1.54) is 19.3 Å². The zero-order valence-corrected chi connectivity index (χ0v) is 25.8. The molecule has 1 saturated heterocycles. The second kappa shape index (κ2) is 11.0. The summed E-state index contributed by atoms with van der Waals surface area (Å²) in [7, 11) is 0. The second-order valence-corrected chi connectivity index (χ2v) is 14.5. The fourth-order valence-electron chi connectivity index (χ4n) is 10.2. The van der Waals surface area contributed by atoms with Crippen molar-refractivity contribution in [1.82, 2.24) is 0 Å². The average molecular weight is 619 g/mol. The van der Waals surface area contributed by atoms with E-state index >= 15 is 0 Å². The summed E-state index contributed by atoms with van der Waals surface area (Å²) in [5, 5.41) is 53.5. The van der Waals surface area contributed by atoms with Crippen LogP contribution in [0.4, 0.5) is 0 Å². The van der Waals surface area contributed by atoms with Crippen LogP contribution in [0.5, 0.6) is 0 Å². The van der Waals surface area contributed by atoms with E-state index in [4.69, 9.17) is 18.6 Å². The minimum Gasteiger partial charge on any atom is -0.458 e. The van der Waals surface area contributed by atoms with E-state index in [2.05, 4.69) is 20.8 Å². The lowest BCUT2D eigenvalue weighted by molar-refractivity contribution is -0.309. The molecule has 1 aromatic rings. The molecule has 2 heterocycles. The van der Waals surface area contributed by atoms with Crippen molar-refractivity contribution < 1.29 is 49.0 Å². The normalized spacial score (nSPS) is 48.5. The van der Waals surface area contributed by atoms with Crippen LogP contribution in [0.25, 0.3) is 0 Å². The monoisotopic (exact) mass is 618 g/mol. The Morgan fingerprint density at radius 1 is 1.00 bits per heavy atom. The Morgan fingerprint density at radius 3 is 2.41 bits per heavy atom. The van der Waals surface area contributed by atoms with Gasteiger partial charge in [-0.05, 0) is 79.4 Å². The molecule has 13 unspecified atom stereocenters. The van der Waals surface area contributed by atoms with Crippen LogP contribution in [0.15, 0.2) is 39.3 Å². The molecule has 6 rings (SSSR count). The molecule has 11 nitrogen and oxygen atoms in total. The number of carbonyl (C=O) groups is 1. The Kier molecular flexibility index (Phi) is 7.96. The first-order valence-electron chi connectivity index (χ1n) is 15.8. The Labute approximate surface area is 256 Å². The van der Waals surface area contributed by atoms with Crippen molar-refractivity contribution in [2.45, 2.75) is 127 Å². The van der Waals surface area contributed by atoms with Crippen molar-refractivity contribution in [3.8, 4) is 0 Å². The maximum atomic E-state index is 12.9. The first-order chi connectivity index (χ1) is 20.7. The van der Waals surface area contributed by atoms with Gasteiger partial charge in [0.1, 0.15) is 30.5 Å². The molecular formula is C33H46O11. The van der Waals surface area contributed by atoms with E-state index in [0.717, 1.165) is 30.4 Å². The minimum atomic E-state index is -1.55. The predicted molar refractivity (Wildman–Crippen MR) is 155 cm³/mol. The number of fused-ring (bicyclic) bond motifs is 5. The summed E-state index contributed by atoms with van der Waals surface area (Å²) in [6.07, 6.45) is 0.0141. The maximum absolute atomic E-state index is 12.9. The molecule has 0 spiro atoms. The molecule has 244 valence electrons. The van der Waals surface area contributed by atoms with Gasteiger partial charge in [0.25, 0.3) is 0 Å². The molecule has 0 aromatic carbocycles. The van der Waals surface area contributed by atoms with E-state index in [0.29, 0.717) is 25.7 Å². The SMILES string of the molecule is CC(=O)OC1CC2(C)C(CCC3(C)C(c4ccc(=O)oc4)CCC32O)C2(C)CCC(OC3OC(CO)C(O)C(O)C3O)C=C12. The molecule has 0 amide bonds. The van der Waals surface area contributed by atoms with Gasteiger partial charge >= 0.3 is 11.6 Å². The van der Waals surface area contributed by atoms with Crippen LogP contribution >= 0.6 is 0 Å². The summed E-state index contributed by atoms with van der Waals surface area (Å²) in [4.78, 5) is 24.1. The van der Waals surface area contributed by atoms with Gasteiger partial charge in [0.15, 0.2) is 6.29 Å². The summed E-state index contributed by atoms with van der Waals surface area (Å²) in [6.45, 7) is 7.32. The number of aliphatic hydroxyl groups is 5. The molecule has 11 heteroatoms. The van der Waals surface area contributed by atoms with Gasteiger partial charge in [0.05, 0.1) is 24.6 Å². The molecule has 13 atom stereocenters. The highest BCUT2D eigenvalue weighted by Crippen LogP contribution is 2.74. The maximum Gasteiger partial charge on any atom is 0.335 e. The molecular weight excluding hydrogens is 572 g/mol. The summed E-state index contributed by atoms with van der Waals surface area (Å²) in [6, 6.07) is 3.24. The molecule has 1 aliphatic heterocycles. The van der Waals surface area contributed by atoms with E-state index < -0.39 is 83.0 Å². The number of hydrogen-bond donors (Lipinski definition) is 5. The van der Waals surface area contributed by atoms with Gasteiger partial charge in [0.2, 0.25) is 0 Å². The smallest absolute Gasteiger partial charge is 0.335 e. The van der Waals surface area contributed by atoms with Crippen LogP contribution < -0.4 is 5.63 Å². The van der Waals surface area contributed by atoms with Crippen molar-refractivity contribution in [3.63, 3.8) is 0 Å². The molecule has 4 aliphatic carbocycles. The van der Waals surface area contributed by atoms with Crippen LogP contribution in [0, 0.1) is 22.2 Å². The Balaban J connectivity index is 1.33. The lowest BCUT2D eigenvalue weighted by Crippen LogP contribution is -2.68. The van der Waals surface area contributed by atoms with Crippen LogP contribution in [0.1, 0.15) is 84.1 Å². The molecule has 5 N–H and O–H groups in total. The van der Waals surface area contributed by atoms with Crippen LogP contribution in [0.2, 0.25) is 0 Å². The fourth-order valence-corrected chi connectivity index (χ4v) is 10.2. The average Bonchev–Trinajstić information content (AvgIpc) is 3.26. The highest BCUT2D eigenvalue weighted by atomic mass is 16.7.